The van der Waals surface area contributed by atoms with Crippen LogP contribution in [0.4, 0.5) is 0 Å². The van der Waals surface area contributed by atoms with Crippen LogP contribution in [-0.4, -0.2) is 72.5 Å². The second kappa shape index (κ2) is 23.3. The van der Waals surface area contributed by atoms with Crippen molar-refractivity contribution in [2.45, 2.75) is 27.7 Å². The number of carboxylic acids is 2. The molecular weight excluding hydrogens is 432 g/mol. The van der Waals surface area contributed by atoms with E-state index >= 15 is 0 Å². The Kier molecular flexibility index (Phi) is 23.8. The zero-order chi connectivity index (χ0) is 25.4. The lowest BCUT2D eigenvalue weighted by atomic mass is 10.5. The Morgan fingerprint density at radius 2 is 0.656 bits per heavy atom. The Morgan fingerprint density at radius 1 is 0.469 bits per heavy atom. The normalized spacial score (nSPS) is 9.75. The van der Waals surface area contributed by atoms with E-state index in [-0.39, 0.29) is 0 Å². The van der Waals surface area contributed by atoms with Crippen LogP contribution in [0, 0.1) is 0 Å². The van der Waals surface area contributed by atoms with E-state index in [1.807, 2.05) is 0 Å². The molecule has 0 fully saturated rings. The molecule has 0 amide bonds. The van der Waals surface area contributed by atoms with E-state index in [4.69, 9.17) is 10.2 Å². The van der Waals surface area contributed by atoms with Gasteiger partial charge in [0.2, 0.25) is 0 Å². The third kappa shape index (κ3) is 30.8. The highest BCUT2D eigenvalue weighted by Crippen LogP contribution is 1.85. The number of ether oxygens (including phenoxy) is 4. The van der Waals surface area contributed by atoms with Crippen molar-refractivity contribution in [3.05, 3.63) is 36.5 Å². The number of carboxylic acid groups (broad SMARTS) is 2. The number of carbonyl (C=O) groups excluding carboxylic acids is 4. The number of rotatable bonds is 10. The maximum atomic E-state index is 10.6. The van der Waals surface area contributed by atoms with E-state index in [0.717, 1.165) is 24.3 Å². The van der Waals surface area contributed by atoms with E-state index in [2.05, 4.69) is 18.9 Å². The van der Waals surface area contributed by atoms with Crippen LogP contribution < -0.4 is 0 Å². The zero-order valence-corrected chi connectivity index (χ0v) is 18.3. The summed E-state index contributed by atoms with van der Waals surface area (Å²) in [4.78, 5) is 61.6. The molecule has 12 nitrogen and oxygen atoms in total. The molecule has 0 aliphatic rings. The molecule has 0 unspecified atom stereocenters. The summed E-state index contributed by atoms with van der Waals surface area (Å²) in [5.74, 6) is -4.66. The highest BCUT2D eigenvalue weighted by Gasteiger charge is 1.98. The minimum absolute atomic E-state index is 0.298. The summed E-state index contributed by atoms with van der Waals surface area (Å²) in [6.07, 6.45) is 5.29. The highest BCUT2D eigenvalue weighted by molar-refractivity contribution is 5.92. The lowest BCUT2D eigenvalue weighted by molar-refractivity contribution is -0.140. The quantitative estimate of drug-likeness (QED) is 0.269. The molecule has 2 N–H and O–H groups in total. The van der Waals surface area contributed by atoms with E-state index in [1.165, 1.54) is 0 Å². The van der Waals surface area contributed by atoms with Crippen LogP contribution in [-0.2, 0) is 47.7 Å². The summed E-state index contributed by atoms with van der Waals surface area (Å²) >= 11 is 0. The second-order valence-corrected chi connectivity index (χ2v) is 4.68. The number of hydrogen-bond donors (Lipinski definition) is 2. The van der Waals surface area contributed by atoms with Gasteiger partial charge in [-0.3, -0.25) is 0 Å². The van der Waals surface area contributed by atoms with Gasteiger partial charge in [-0.15, -0.1) is 0 Å². The molecule has 32 heavy (non-hydrogen) atoms. The van der Waals surface area contributed by atoms with E-state index in [9.17, 15) is 28.8 Å². The third-order valence-electron chi connectivity index (χ3n) is 2.23. The minimum Gasteiger partial charge on any atom is -0.478 e. The van der Waals surface area contributed by atoms with Crippen molar-refractivity contribution < 1.29 is 57.9 Å². The van der Waals surface area contributed by atoms with Crippen LogP contribution in [0.1, 0.15) is 27.7 Å². The second-order valence-electron chi connectivity index (χ2n) is 4.68. The maximum Gasteiger partial charge on any atom is 0.330 e. The van der Waals surface area contributed by atoms with Crippen molar-refractivity contribution in [2.75, 3.05) is 26.4 Å². The monoisotopic (exact) mass is 460 g/mol. The van der Waals surface area contributed by atoms with Gasteiger partial charge in [-0.1, -0.05) is 0 Å². The van der Waals surface area contributed by atoms with Crippen molar-refractivity contribution in [1.82, 2.24) is 0 Å². The van der Waals surface area contributed by atoms with E-state index in [0.29, 0.717) is 38.6 Å². The summed E-state index contributed by atoms with van der Waals surface area (Å²) in [5.41, 5.74) is 0. The lowest BCUT2D eigenvalue weighted by Crippen LogP contribution is -2.03. The molecule has 0 radical (unpaired) electrons. The molecule has 0 aromatic carbocycles. The lowest BCUT2D eigenvalue weighted by Gasteiger charge is -1.95. The fourth-order valence-electron chi connectivity index (χ4n) is 1.18. The van der Waals surface area contributed by atoms with Crippen molar-refractivity contribution in [3.8, 4) is 0 Å². The van der Waals surface area contributed by atoms with Gasteiger partial charge in [0.1, 0.15) is 0 Å². The molecule has 0 bridgehead atoms. The van der Waals surface area contributed by atoms with Crippen molar-refractivity contribution >= 4 is 35.8 Å². The molecular formula is C20H28O12. The molecule has 0 saturated heterocycles. The van der Waals surface area contributed by atoms with Crippen LogP contribution in [0.2, 0.25) is 0 Å². The van der Waals surface area contributed by atoms with Gasteiger partial charge >= 0.3 is 35.8 Å². The standard InChI is InChI=1S/2C8H12O4.C4H4O4/c2*1-3-11-7(9)5-6-8(10)12-4-2;5-3(6)1-2-4(7)8/h2*5-6H,3-4H2,1-2H3;1-2H,(H,5,6)(H,7,8)/b2*6-5-;2-1-. The van der Waals surface area contributed by atoms with Gasteiger partial charge in [-0.05, 0) is 27.7 Å². The van der Waals surface area contributed by atoms with E-state index < -0.39 is 35.8 Å². The minimum atomic E-state index is -1.26. The van der Waals surface area contributed by atoms with Crippen LogP contribution in [0.15, 0.2) is 36.5 Å². The summed E-state index contributed by atoms with van der Waals surface area (Å²) in [5, 5.41) is 15.6. The number of aliphatic carboxylic acids is 2. The van der Waals surface area contributed by atoms with Crippen LogP contribution in [0.25, 0.3) is 0 Å². The summed E-state index contributed by atoms with van der Waals surface area (Å²) in [6, 6.07) is 0. The van der Waals surface area contributed by atoms with Crippen LogP contribution >= 0.6 is 0 Å². The van der Waals surface area contributed by atoms with Gasteiger partial charge in [0.25, 0.3) is 0 Å². The van der Waals surface area contributed by atoms with E-state index in [1.54, 1.807) is 27.7 Å². The highest BCUT2D eigenvalue weighted by atomic mass is 16.5. The third-order valence-corrected chi connectivity index (χ3v) is 2.23. The Bertz CT molecular complexity index is 591. The number of carbonyl (C=O) groups is 6. The number of hydrogen-bond acceptors (Lipinski definition) is 10. The zero-order valence-electron chi connectivity index (χ0n) is 18.3. The Balaban J connectivity index is -0.000000404. The fourth-order valence-corrected chi connectivity index (χ4v) is 1.18. The van der Waals surface area contributed by atoms with Gasteiger partial charge in [-0.2, -0.15) is 0 Å². The van der Waals surface area contributed by atoms with Crippen LogP contribution in [0.5, 0.6) is 0 Å². The first kappa shape index (κ1) is 32.7. The van der Waals surface area contributed by atoms with Gasteiger partial charge < -0.3 is 29.2 Å². The summed E-state index contributed by atoms with van der Waals surface area (Å²) in [6.45, 7) is 7.95. The Labute approximate surface area is 185 Å². The van der Waals surface area contributed by atoms with Crippen molar-refractivity contribution in [1.29, 1.82) is 0 Å². The molecule has 0 rings (SSSR count). The average molecular weight is 460 g/mol. The van der Waals surface area contributed by atoms with Crippen LogP contribution in [0.3, 0.4) is 0 Å². The van der Waals surface area contributed by atoms with Gasteiger partial charge in [0, 0.05) is 36.5 Å². The molecule has 180 valence electrons. The van der Waals surface area contributed by atoms with Crippen molar-refractivity contribution in [2.24, 2.45) is 0 Å². The SMILES string of the molecule is CCOC(=O)/C=C\C(=O)OCC.CCOC(=O)/C=C\C(=O)OCC.O=C(O)/C=C\C(=O)O. The summed E-state index contributed by atoms with van der Waals surface area (Å²) in [7, 11) is 0. The first-order chi connectivity index (χ1) is 15.0. The smallest absolute Gasteiger partial charge is 0.330 e. The maximum absolute atomic E-state index is 10.6. The summed E-state index contributed by atoms with van der Waals surface area (Å²) < 4.78 is 18.1. The average Bonchev–Trinajstić information content (AvgIpc) is 2.71. The topological polar surface area (TPSA) is 180 Å². The Hall–Kier alpha value is -3.96. The van der Waals surface area contributed by atoms with Gasteiger partial charge in [0.05, 0.1) is 26.4 Å². The fraction of sp³-hybridized carbons (Fsp3) is 0.400. The van der Waals surface area contributed by atoms with Gasteiger partial charge in [-0.25, -0.2) is 28.8 Å². The predicted octanol–water partition coefficient (Wildman–Crippen LogP) is 1.05. The first-order valence-electron chi connectivity index (χ1n) is 9.20. The molecule has 0 heterocycles. The molecule has 12 heteroatoms. The van der Waals surface area contributed by atoms with Gasteiger partial charge in [0.15, 0.2) is 0 Å². The molecule has 0 spiro atoms. The molecule has 0 saturated carbocycles. The molecule has 0 aliphatic carbocycles. The first-order valence-corrected chi connectivity index (χ1v) is 9.20. The molecule has 0 aliphatic heterocycles. The number of esters is 4. The largest absolute Gasteiger partial charge is 0.478 e. The molecule has 0 aromatic rings. The van der Waals surface area contributed by atoms with Crippen molar-refractivity contribution in [3.63, 3.8) is 0 Å². The molecule has 0 atom stereocenters. The Morgan fingerprint density at radius 3 is 0.781 bits per heavy atom. The molecule has 0 aromatic heterocycles. The predicted molar refractivity (Wildman–Crippen MR) is 109 cm³/mol.